The second kappa shape index (κ2) is 3.50. The molecule has 0 spiro atoms. The molecule has 0 heterocycles. The summed E-state index contributed by atoms with van der Waals surface area (Å²) in [6.45, 7) is 0. The number of likely N-dealkylation sites (N-methyl/N-ethyl adjacent to an activating group) is 1. The van der Waals surface area contributed by atoms with Gasteiger partial charge in [0.25, 0.3) is 0 Å². The van der Waals surface area contributed by atoms with Crippen LogP contribution in [0, 0.1) is 0 Å². The zero-order valence-corrected chi connectivity index (χ0v) is 8.92. The second-order valence-corrected chi connectivity index (χ2v) is 3.38. The fourth-order valence-electron chi connectivity index (χ4n) is 0.937. The molecule has 0 aliphatic heterocycles. The van der Waals surface area contributed by atoms with Gasteiger partial charge in [0.15, 0.2) is 0 Å². The summed E-state index contributed by atoms with van der Waals surface area (Å²) in [6, 6.07) is 0.588. The van der Waals surface area contributed by atoms with Crippen molar-refractivity contribution in [3.63, 3.8) is 0 Å². The Balaban J connectivity index is 0.000000810. The summed E-state index contributed by atoms with van der Waals surface area (Å²) < 4.78 is 0.993. The monoisotopic (exact) mass is 319 g/mol. The summed E-state index contributed by atoms with van der Waals surface area (Å²) in [4.78, 5) is 0. The molecular formula is C8H14NPt+. The first-order chi connectivity index (χ1) is 4.11. The van der Waals surface area contributed by atoms with Crippen LogP contribution in [0.5, 0.6) is 0 Å². The molecule has 1 rings (SSSR count). The Morgan fingerprint density at radius 2 is 1.40 bits per heavy atom. The maximum absolute atomic E-state index is 2.22. The van der Waals surface area contributed by atoms with E-state index in [1.807, 2.05) is 0 Å². The number of quaternary nitrogens is 1. The van der Waals surface area contributed by atoms with Gasteiger partial charge in [-0.1, -0.05) is 12.2 Å². The minimum Gasteiger partial charge on any atom is -0.322 e. The maximum Gasteiger partial charge on any atom is 0.126 e. The van der Waals surface area contributed by atoms with Gasteiger partial charge in [-0.05, 0) is 12.2 Å². The Morgan fingerprint density at radius 1 is 1.00 bits per heavy atom. The van der Waals surface area contributed by atoms with E-state index in [-0.39, 0.29) is 21.1 Å². The van der Waals surface area contributed by atoms with Crippen molar-refractivity contribution in [1.82, 2.24) is 0 Å². The summed E-state index contributed by atoms with van der Waals surface area (Å²) in [5.41, 5.74) is 0. The van der Waals surface area contributed by atoms with Gasteiger partial charge < -0.3 is 4.48 Å². The van der Waals surface area contributed by atoms with E-state index in [0.29, 0.717) is 6.04 Å². The van der Waals surface area contributed by atoms with E-state index in [2.05, 4.69) is 45.4 Å². The standard InChI is InChI=1S/C8H14N.Pt/c1-9(2,3)8-6-4-5-7-8;/h4-8H,1-3H3;/q+1;. The zero-order valence-electron chi connectivity index (χ0n) is 6.65. The van der Waals surface area contributed by atoms with Crippen molar-refractivity contribution in [3.8, 4) is 0 Å². The van der Waals surface area contributed by atoms with Crippen molar-refractivity contribution < 1.29 is 25.5 Å². The van der Waals surface area contributed by atoms with Crippen LogP contribution in [0.15, 0.2) is 24.3 Å². The van der Waals surface area contributed by atoms with Gasteiger partial charge in [-0.2, -0.15) is 0 Å². The summed E-state index contributed by atoms with van der Waals surface area (Å²) in [5.74, 6) is 0. The molecule has 0 saturated carbocycles. The van der Waals surface area contributed by atoms with E-state index in [4.69, 9.17) is 0 Å². The number of rotatable bonds is 1. The van der Waals surface area contributed by atoms with Gasteiger partial charge in [-0.3, -0.25) is 0 Å². The third kappa shape index (κ3) is 2.40. The molecule has 0 N–H and O–H groups in total. The number of hydrogen-bond acceptors (Lipinski definition) is 0. The Morgan fingerprint density at radius 3 is 1.60 bits per heavy atom. The molecule has 0 saturated heterocycles. The molecule has 0 radical (unpaired) electrons. The van der Waals surface area contributed by atoms with Crippen LogP contribution in [-0.2, 0) is 21.1 Å². The SMILES string of the molecule is C[N+](C)(C)C1C=CC=C1.[Pt]. The van der Waals surface area contributed by atoms with Crippen LogP contribution in [0.25, 0.3) is 0 Å². The Hall–Kier alpha value is 0.128. The average Bonchev–Trinajstić information content (AvgIpc) is 2.08. The Bertz CT molecular complexity index is 141. The zero-order chi connectivity index (χ0) is 6.91. The van der Waals surface area contributed by atoms with Gasteiger partial charge in [-0.25, -0.2) is 0 Å². The Kier molecular flexibility index (Phi) is 3.54. The maximum atomic E-state index is 2.22. The summed E-state index contributed by atoms with van der Waals surface area (Å²) in [5, 5.41) is 0. The fourth-order valence-corrected chi connectivity index (χ4v) is 0.937. The first-order valence-corrected chi connectivity index (χ1v) is 3.27. The minimum absolute atomic E-state index is 0. The molecule has 0 unspecified atom stereocenters. The topological polar surface area (TPSA) is 0 Å². The van der Waals surface area contributed by atoms with Crippen LogP contribution < -0.4 is 0 Å². The first-order valence-electron chi connectivity index (χ1n) is 3.27. The smallest absolute Gasteiger partial charge is 0.126 e. The minimum atomic E-state index is 0. The predicted molar refractivity (Wildman–Crippen MR) is 40.1 cm³/mol. The fraction of sp³-hybridized carbons (Fsp3) is 0.500. The van der Waals surface area contributed by atoms with Crippen molar-refractivity contribution in [2.24, 2.45) is 0 Å². The molecule has 1 aliphatic carbocycles. The van der Waals surface area contributed by atoms with Gasteiger partial charge in [0.2, 0.25) is 0 Å². The van der Waals surface area contributed by atoms with E-state index in [9.17, 15) is 0 Å². The molecule has 0 aromatic carbocycles. The largest absolute Gasteiger partial charge is 0.322 e. The molecule has 60 valence electrons. The van der Waals surface area contributed by atoms with E-state index < -0.39 is 0 Å². The molecule has 1 aliphatic rings. The molecule has 0 aromatic heterocycles. The van der Waals surface area contributed by atoms with E-state index in [0.717, 1.165) is 4.48 Å². The van der Waals surface area contributed by atoms with Crippen molar-refractivity contribution in [2.45, 2.75) is 6.04 Å². The molecule has 0 bridgehead atoms. The van der Waals surface area contributed by atoms with Crippen LogP contribution in [0.1, 0.15) is 0 Å². The molecular weight excluding hydrogens is 305 g/mol. The van der Waals surface area contributed by atoms with Crippen molar-refractivity contribution in [3.05, 3.63) is 24.3 Å². The number of hydrogen-bond donors (Lipinski definition) is 0. The molecule has 0 aromatic rings. The molecule has 0 fully saturated rings. The van der Waals surface area contributed by atoms with Crippen LogP contribution in [0.4, 0.5) is 0 Å². The van der Waals surface area contributed by atoms with Gasteiger partial charge in [0.1, 0.15) is 6.04 Å². The molecule has 2 heteroatoms. The van der Waals surface area contributed by atoms with E-state index >= 15 is 0 Å². The molecule has 0 atom stereocenters. The van der Waals surface area contributed by atoms with Crippen LogP contribution in [-0.4, -0.2) is 31.7 Å². The summed E-state index contributed by atoms with van der Waals surface area (Å²) in [7, 11) is 6.60. The van der Waals surface area contributed by atoms with Crippen molar-refractivity contribution in [2.75, 3.05) is 21.1 Å². The van der Waals surface area contributed by atoms with Gasteiger partial charge in [0.05, 0.1) is 21.1 Å². The van der Waals surface area contributed by atoms with E-state index in [1.165, 1.54) is 0 Å². The normalized spacial score (nSPS) is 17.5. The second-order valence-electron chi connectivity index (χ2n) is 3.38. The van der Waals surface area contributed by atoms with Crippen molar-refractivity contribution >= 4 is 0 Å². The van der Waals surface area contributed by atoms with Crippen molar-refractivity contribution in [1.29, 1.82) is 0 Å². The first kappa shape index (κ1) is 10.1. The van der Waals surface area contributed by atoms with Crippen LogP contribution in [0.2, 0.25) is 0 Å². The van der Waals surface area contributed by atoms with Gasteiger partial charge in [0, 0.05) is 21.1 Å². The summed E-state index contributed by atoms with van der Waals surface area (Å²) >= 11 is 0. The van der Waals surface area contributed by atoms with Gasteiger partial charge in [-0.15, -0.1) is 0 Å². The Labute approximate surface area is 77.3 Å². The predicted octanol–water partition coefficient (Wildman–Crippen LogP) is 1.18. The molecule has 0 amide bonds. The molecule has 1 nitrogen and oxygen atoms in total. The van der Waals surface area contributed by atoms with Gasteiger partial charge >= 0.3 is 0 Å². The average molecular weight is 319 g/mol. The summed E-state index contributed by atoms with van der Waals surface area (Å²) in [6.07, 6.45) is 8.66. The third-order valence-electron chi connectivity index (χ3n) is 1.62. The molecule has 10 heavy (non-hydrogen) atoms. The quantitative estimate of drug-likeness (QED) is 0.637. The van der Waals surface area contributed by atoms with E-state index in [1.54, 1.807) is 0 Å². The van der Waals surface area contributed by atoms with Crippen LogP contribution in [0.3, 0.4) is 0 Å². The van der Waals surface area contributed by atoms with Crippen LogP contribution >= 0.6 is 0 Å². The third-order valence-corrected chi connectivity index (χ3v) is 1.62. The number of allylic oxidation sites excluding steroid dienone is 2. The number of nitrogens with zero attached hydrogens (tertiary/aromatic N) is 1.